The van der Waals surface area contributed by atoms with Crippen molar-refractivity contribution in [2.75, 3.05) is 36.9 Å². The lowest BCUT2D eigenvalue weighted by molar-refractivity contribution is -0.129. The fourth-order valence-electron chi connectivity index (χ4n) is 6.68. The van der Waals surface area contributed by atoms with Crippen LogP contribution >= 0.6 is 0 Å². The average Bonchev–Trinajstić information content (AvgIpc) is 3.22. The summed E-state index contributed by atoms with van der Waals surface area (Å²) in [6.07, 6.45) is 9.09. The highest BCUT2D eigenvalue weighted by molar-refractivity contribution is 6.01. The highest BCUT2D eigenvalue weighted by atomic mass is 16.5. The summed E-state index contributed by atoms with van der Waals surface area (Å²) in [6, 6.07) is 2.00. The molecule has 33 heavy (non-hydrogen) atoms. The molecule has 9 heteroatoms. The van der Waals surface area contributed by atoms with Crippen molar-refractivity contribution < 1.29 is 9.84 Å². The first kappa shape index (κ1) is 22.4. The van der Waals surface area contributed by atoms with Crippen LogP contribution in [0.3, 0.4) is 0 Å². The van der Waals surface area contributed by atoms with Crippen LogP contribution in [0, 0.1) is 23.2 Å². The predicted molar refractivity (Wildman–Crippen MR) is 128 cm³/mol. The first-order valence-electron chi connectivity index (χ1n) is 12.4. The second-order valence-electron chi connectivity index (χ2n) is 10.6. The molecule has 0 spiro atoms. The van der Waals surface area contributed by atoms with Crippen molar-refractivity contribution in [3.63, 3.8) is 0 Å². The summed E-state index contributed by atoms with van der Waals surface area (Å²) in [5.41, 5.74) is 5.80. The molecule has 0 radical (unpaired) electrons. The summed E-state index contributed by atoms with van der Waals surface area (Å²) in [4.78, 5) is 11.7. The third-order valence-electron chi connectivity index (χ3n) is 7.73. The molecule has 1 aromatic rings. The number of anilines is 2. The first-order chi connectivity index (χ1) is 15.8. The number of nitrogens with zero attached hydrogens (tertiary/aromatic N) is 3. The molecule has 1 aliphatic heterocycles. The van der Waals surface area contributed by atoms with Crippen LogP contribution in [0.1, 0.15) is 51.9 Å². The molecule has 6 N–H and O–H groups in total. The number of aromatic nitrogens is 2. The van der Waals surface area contributed by atoms with Gasteiger partial charge in [0.2, 0.25) is 11.8 Å². The highest BCUT2D eigenvalue weighted by Gasteiger charge is 2.54. The van der Waals surface area contributed by atoms with E-state index in [-0.39, 0.29) is 11.9 Å². The maximum Gasteiger partial charge on any atom is 0.228 e. The number of allylic oxidation sites excluding steroid dienone is 1. The number of nitrogens with two attached hydrogens (primary N) is 1. The standard InChI is InChI=1S/C24H37N7O2/c1-15(25)8-19(26)27-20-11-21(33-7-6-31-4-2-3-5-31)29-23(28-20)30-22-17-9-16-10-18(22)14-24(32,12-16)13-17/h8,11,16-18,22,32H,2-7,9-10,12-14,25H2,1H3,(H3,26,27,28,29,30)/b15-8-. The Bertz CT molecular complexity index is 894. The Labute approximate surface area is 195 Å². The van der Waals surface area contributed by atoms with Gasteiger partial charge in [-0.1, -0.05) is 0 Å². The van der Waals surface area contributed by atoms with Crippen molar-refractivity contribution in [1.82, 2.24) is 14.9 Å². The van der Waals surface area contributed by atoms with Gasteiger partial charge in [-0.3, -0.25) is 10.3 Å². The van der Waals surface area contributed by atoms with Crippen molar-refractivity contribution in [2.45, 2.75) is 63.5 Å². The molecule has 2 unspecified atom stereocenters. The zero-order valence-corrected chi connectivity index (χ0v) is 19.5. The van der Waals surface area contributed by atoms with Crippen LogP contribution in [0.4, 0.5) is 11.8 Å². The van der Waals surface area contributed by atoms with Gasteiger partial charge in [0.25, 0.3) is 0 Å². The molecule has 0 aromatic carbocycles. The summed E-state index contributed by atoms with van der Waals surface area (Å²) >= 11 is 0. The molecule has 5 aliphatic rings. The number of nitrogens with one attached hydrogen (secondary N) is 3. The van der Waals surface area contributed by atoms with Crippen LogP contribution in [0.2, 0.25) is 0 Å². The summed E-state index contributed by atoms with van der Waals surface area (Å²) < 4.78 is 6.01. The van der Waals surface area contributed by atoms with E-state index in [0.717, 1.165) is 38.9 Å². The van der Waals surface area contributed by atoms with Crippen molar-refractivity contribution in [3.8, 4) is 5.88 Å². The van der Waals surface area contributed by atoms with Gasteiger partial charge in [0.05, 0.1) is 5.60 Å². The highest BCUT2D eigenvalue weighted by Crippen LogP contribution is 2.56. The molecule has 2 atom stereocenters. The first-order valence-corrected chi connectivity index (χ1v) is 12.4. The van der Waals surface area contributed by atoms with E-state index >= 15 is 0 Å². The van der Waals surface area contributed by atoms with Crippen molar-refractivity contribution >= 4 is 17.6 Å². The maximum atomic E-state index is 10.9. The van der Waals surface area contributed by atoms with E-state index in [2.05, 4.69) is 25.5 Å². The van der Waals surface area contributed by atoms with Crippen molar-refractivity contribution in [1.29, 1.82) is 5.41 Å². The van der Waals surface area contributed by atoms with E-state index in [9.17, 15) is 5.11 Å². The van der Waals surface area contributed by atoms with Crippen molar-refractivity contribution in [3.05, 3.63) is 17.8 Å². The Morgan fingerprint density at radius 2 is 2.00 bits per heavy atom. The van der Waals surface area contributed by atoms with Gasteiger partial charge in [0.15, 0.2) is 0 Å². The minimum absolute atomic E-state index is 0.166. The van der Waals surface area contributed by atoms with Crippen LogP contribution in [-0.4, -0.2) is 63.7 Å². The zero-order chi connectivity index (χ0) is 23.0. The van der Waals surface area contributed by atoms with Gasteiger partial charge in [-0.15, -0.1) is 0 Å². The van der Waals surface area contributed by atoms with E-state index in [1.54, 1.807) is 19.1 Å². The molecule has 180 valence electrons. The molecule has 6 rings (SSSR count). The quantitative estimate of drug-likeness (QED) is 0.298. The van der Waals surface area contributed by atoms with E-state index in [0.29, 0.717) is 47.7 Å². The lowest BCUT2D eigenvalue weighted by Crippen LogP contribution is -2.59. The maximum absolute atomic E-state index is 10.9. The Kier molecular flexibility index (Phi) is 6.18. The second kappa shape index (κ2) is 9.10. The molecular weight excluding hydrogens is 418 g/mol. The molecule has 2 heterocycles. The van der Waals surface area contributed by atoms with Gasteiger partial charge in [-0.05, 0) is 88.8 Å². The number of likely N-dealkylation sites (tertiary alicyclic amines) is 1. The summed E-state index contributed by atoms with van der Waals surface area (Å²) in [6.45, 7) is 5.46. The van der Waals surface area contributed by atoms with E-state index < -0.39 is 5.60 Å². The molecule has 1 aromatic heterocycles. The second-order valence-corrected chi connectivity index (χ2v) is 10.6. The Hall–Kier alpha value is -2.39. The minimum Gasteiger partial charge on any atom is -0.476 e. The molecule has 1 saturated heterocycles. The van der Waals surface area contributed by atoms with Gasteiger partial charge in [0.1, 0.15) is 18.3 Å². The number of hydrogen-bond acceptors (Lipinski definition) is 8. The average molecular weight is 456 g/mol. The smallest absolute Gasteiger partial charge is 0.228 e. The largest absolute Gasteiger partial charge is 0.476 e. The number of ether oxygens (including phenoxy) is 1. The van der Waals surface area contributed by atoms with Gasteiger partial charge in [-0.25, -0.2) is 0 Å². The normalized spacial score (nSPS) is 33.3. The van der Waals surface area contributed by atoms with Gasteiger partial charge >= 0.3 is 0 Å². The molecule has 5 fully saturated rings. The Morgan fingerprint density at radius 3 is 2.67 bits per heavy atom. The van der Waals surface area contributed by atoms with E-state index in [1.165, 1.54) is 25.7 Å². The third kappa shape index (κ3) is 5.24. The molecule has 9 nitrogen and oxygen atoms in total. The molecule has 4 bridgehead atoms. The van der Waals surface area contributed by atoms with Crippen molar-refractivity contribution in [2.24, 2.45) is 23.5 Å². The van der Waals surface area contributed by atoms with Crippen LogP contribution in [0.5, 0.6) is 5.88 Å². The minimum atomic E-state index is -0.468. The SMILES string of the molecule is C/C(N)=C/C(=N)Nc1cc(OCCN2CCCC2)nc(NC2C3CC4CC2CC(O)(C4)C3)n1. The summed E-state index contributed by atoms with van der Waals surface area (Å²) in [5, 5.41) is 25.6. The van der Waals surface area contributed by atoms with Gasteiger partial charge < -0.3 is 26.2 Å². The van der Waals surface area contributed by atoms with Gasteiger partial charge in [-0.2, -0.15) is 9.97 Å². The fourth-order valence-corrected chi connectivity index (χ4v) is 6.68. The predicted octanol–water partition coefficient (Wildman–Crippen LogP) is 2.55. The monoisotopic (exact) mass is 455 g/mol. The van der Waals surface area contributed by atoms with Crippen LogP contribution in [0.15, 0.2) is 17.8 Å². The lowest BCUT2D eigenvalue weighted by atomic mass is 9.52. The molecule has 4 aliphatic carbocycles. The molecular formula is C24H37N7O2. The number of hydrogen-bond donors (Lipinski definition) is 5. The summed E-state index contributed by atoms with van der Waals surface area (Å²) in [7, 11) is 0. The number of amidine groups is 1. The Balaban J connectivity index is 1.31. The van der Waals surface area contributed by atoms with Crippen LogP contribution in [-0.2, 0) is 0 Å². The molecule has 0 amide bonds. The number of rotatable bonds is 8. The Morgan fingerprint density at radius 1 is 1.27 bits per heavy atom. The lowest BCUT2D eigenvalue weighted by Gasteiger charge is -2.58. The zero-order valence-electron chi connectivity index (χ0n) is 19.5. The number of aliphatic hydroxyl groups is 1. The van der Waals surface area contributed by atoms with E-state index in [4.69, 9.17) is 15.9 Å². The van der Waals surface area contributed by atoms with Crippen LogP contribution in [0.25, 0.3) is 0 Å². The van der Waals surface area contributed by atoms with Crippen LogP contribution < -0.4 is 21.1 Å². The summed E-state index contributed by atoms with van der Waals surface area (Å²) in [5.74, 6) is 3.23. The van der Waals surface area contributed by atoms with Gasteiger partial charge in [0, 0.05) is 24.4 Å². The fraction of sp³-hybridized carbons (Fsp3) is 0.708. The third-order valence-corrected chi connectivity index (χ3v) is 7.73. The molecule has 4 saturated carbocycles. The topological polar surface area (TPSA) is 132 Å². The van der Waals surface area contributed by atoms with E-state index in [1.807, 2.05) is 0 Å².